The van der Waals surface area contributed by atoms with Gasteiger partial charge in [0.15, 0.2) is 0 Å². The first-order chi connectivity index (χ1) is 10.3. The van der Waals surface area contributed by atoms with Gasteiger partial charge >= 0.3 is 0 Å². The Kier molecular flexibility index (Phi) is 5.86. The number of nitrogens with zero attached hydrogens (tertiary/aromatic N) is 2. The van der Waals surface area contributed by atoms with Crippen molar-refractivity contribution in [3.8, 4) is 11.8 Å². The fourth-order valence-electron chi connectivity index (χ4n) is 2.18. The number of methoxy groups -OCH3 is 1. The van der Waals surface area contributed by atoms with E-state index in [1.54, 1.807) is 13.4 Å². The van der Waals surface area contributed by atoms with E-state index in [2.05, 4.69) is 23.1 Å². The van der Waals surface area contributed by atoms with Crippen molar-refractivity contribution in [3.05, 3.63) is 54.0 Å². The van der Waals surface area contributed by atoms with E-state index in [-0.39, 0.29) is 0 Å². The first-order valence-electron chi connectivity index (χ1n) is 7.06. The molecule has 1 aromatic carbocycles. The van der Waals surface area contributed by atoms with Crippen LogP contribution in [0.2, 0.25) is 0 Å². The Morgan fingerprint density at radius 1 is 1.19 bits per heavy atom. The second-order valence-electron chi connectivity index (χ2n) is 4.86. The quantitative estimate of drug-likeness (QED) is 0.746. The van der Waals surface area contributed by atoms with Crippen LogP contribution in [0, 0.1) is 11.3 Å². The predicted molar refractivity (Wildman–Crippen MR) is 80.9 cm³/mol. The summed E-state index contributed by atoms with van der Waals surface area (Å²) in [5.41, 5.74) is 1.26. The Morgan fingerprint density at radius 2 is 2.00 bits per heavy atom. The molecule has 110 valence electrons. The largest absolute Gasteiger partial charge is 0.497 e. The van der Waals surface area contributed by atoms with Gasteiger partial charge in [-0.3, -0.25) is 4.90 Å². The molecule has 0 unspecified atom stereocenters. The molecule has 0 spiro atoms. The number of hydrogen-bond donors (Lipinski definition) is 0. The van der Waals surface area contributed by atoms with Crippen molar-refractivity contribution in [2.24, 2.45) is 0 Å². The van der Waals surface area contributed by atoms with E-state index in [0.29, 0.717) is 6.42 Å². The molecule has 1 heterocycles. The molecule has 0 N–H and O–H groups in total. The highest BCUT2D eigenvalue weighted by Gasteiger charge is 2.08. The van der Waals surface area contributed by atoms with Crippen molar-refractivity contribution in [1.82, 2.24) is 4.90 Å². The van der Waals surface area contributed by atoms with E-state index in [0.717, 1.165) is 37.6 Å². The van der Waals surface area contributed by atoms with Gasteiger partial charge in [-0.1, -0.05) is 12.1 Å². The first kappa shape index (κ1) is 15.1. The van der Waals surface area contributed by atoms with Crippen LogP contribution in [0.15, 0.2) is 47.1 Å². The minimum Gasteiger partial charge on any atom is -0.497 e. The number of ether oxygens (including phenoxy) is 1. The third kappa shape index (κ3) is 4.97. The van der Waals surface area contributed by atoms with Gasteiger partial charge < -0.3 is 9.15 Å². The standard InChI is InChI=1S/C17H20N2O2/c1-20-16-7-5-15(6-8-16)9-12-19(11-3-10-18)14-17-4-2-13-21-17/h2,4-8,13H,3,9,11-12,14H2,1H3. The number of benzene rings is 1. The Bertz CT molecular complexity index is 555. The van der Waals surface area contributed by atoms with Crippen LogP contribution in [-0.2, 0) is 13.0 Å². The molecule has 21 heavy (non-hydrogen) atoms. The van der Waals surface area contributed by atoms with E-state index in [9.17, 15) is 0 Å². The maximum atomic E-state index is 8.77. The van der Waals surface area contributed by atoms with Gasteiger partial charge in [0.25, 0.3) is 0 Å². The molecule has 0 saturated heterocycles. The van der Waals surface area contributed by atoms with Crippen LogP contribution < -0.4 is 4.74 Å². The molecule has 0 aliphatic heterocycles. The highest BCUT2D eigenvalue weighted by Crippen LogP contribution is 2.13. The third-order valence-corrected chi connectivity index (χ3v) is 3.38. The molecule has 2 aromatic rings. The molecule has 4 nitrogen and oxygen atoms in total. The number of furan rings is 1. The second kappa shape index (κ2) is 8.13. The van der Waals surface area contributed by atoms with Crippen molar-refractivity contribution in [1.29, 1.82) is 5.26 Å². The lowest BCUT2D eigenvalue weighted by molar-refractivity contribution is 0.251. The summed E-state index contributed by atoms with van der Waals surface area (Å²) >= 11 is 0. The molecule has 0 saturated carbocycles. The van der Waals surface area contributed by atoms with Gasteiger partial charge in [-0.15, -0.1) is 0 Å². The lowest BCUT2D eigenvalue weighted by Crippen LogP contribution is -2.26. The zero-order valence-corrected chi connectivity index (χ0v) is 12.3. The van der Waals surface area contributed by atoms with Crippen LogP contribution in [0.3, 0.4) is 0 Å². The van der Waals surface area contributed by atoms with Crippen LogP contribution in [0.25, 0.3) is 0 Å². The smallest absolute Gasteiger partial charge is 0.118 e. The summed E-state index contributed by atoms with van der Waals surface area (Å²) in [6.07, 6.45) is 3.15. The SMILES string of the molecule is COc1ccc(CCN(CCC#N)Cc2ccco2)cc1. The van der Waals surface area contributed by atoms with Gasteiger partial charge in [0, 0.05) is 19.5 Å². The van der Waals surface area contributed by atoms with Crippen LogP contribution in [0.1, 0.15) is 17.7 Å². The molecule has 1 aromatic heterocycles. The van der Waals surface area contributed by atoms with E-state index in [1.165, 1.54) is 5.56 Å². The number of nitriles is 1. The van der Waals surface area contributed by atoms with Gasteiger partial charge in [-0.05, 0) is 36.2 Å². The van der Waals surface area contributed by atoms with E-state index < -0.39 is 0 Å². The summed E-state index contributed by atoms with van der Waals surface area (Å²) < 4.78 is 10.5. The normalized spacial score (nSPS) is 10.5. The van der Waals surface area contributed by atoms with Gasteiger partial charge in [0.1, 0.15) is 11.5 Å². The molecule has 0 bridgehead atoms. The maximum Gasteiger partial charge on any atom is 0.118 e. The second-order valence-corrected chi connectivity index (χ2v) is 4.86. The molecule has 0 aliphatic carbocycles. The molecule has 0 amide bonds. The Balaban J connectivity index is 1.89. The first-order valence-corrected chi connectivity index (χ1v) is 7.06. The zero-order valence-electron chi connectivity index (χ0n) is 12.3. The van der Waals surface area contributed by atoms with Crippen LogP contribution in [-0.4, -0.2) is 25.1 Å². The van der Waals surface area contributed by atoms with Crippen molar-refractivity contribution in [3.63, 3.8) is 0 Å². The monoisotopic (exact) mass is 284 g/mol. The Morgan fingerprint density at radius 3 is 2.62 bits per heavy atom. The van der Waals surface area contributed by atoms with Crippen molar-refractivity contribution in [2.45, 2.75) is 19.4 Å². The molecule has 0 fully saturated rings. The lowest BCUT2D eigenvalue weighted by Gasteiger charge is -2.19. The minimum atomic E-state index is 0.531. The molecule has 0 atom stereocenters. The van der Waals surface area contributed by atoms with E-state index in [4.69, 9.17) is 14.4 Å². The van der Waals surface area contributed by atoms with Crippen molar-refractivity contribution in [2.75, 3.05) is 20.2 Å². The van der Waals surface area contributed by atoms with E-state index >= 15 is 0 Å². The lowest BCUT2D eigenvalue weighted by atomic mass is 10.1. The van der Waals surface area contributed by atoms with Crippen molar-refractivity contribution < 1.29 is 9.15 Å². The summed E-state index contributed by atoms with van der Waals surface area (Å²) in [4.78, 5) is 2.24. The fourth-order valence-corrected chi connectivity index (χ4v) is 2.18. The van der Waals surface area contributed by atoms with Gasteiger partial charge in [0.05, 0.1) is 26.0 Å². The summed E-state index contributed by atoms with van der Waals surface area (Å²) in [6, 6.07) is 14.2. The zero-order chi connectivity index (χ0) is 14.9. The van der Waals surface area contributed by atoms with Crippen LogP contribution >= 0.6 is 0 Å². The van der Waals surface area contributed by atoms with Gasteiger partial charge in [-0.2, -0.15) is 5.26 Å². The maximum absolute atomic E-state index is 8.77. The van der Waals surface area contributed by atoms with Crippen molar-refractivity contribution >= 4 is 0 Å². The highest BCUT2D eigenvalue weighted by atomic mass is 16.5. The average Bonchev–Trinajstić information content (AvgIpc) is 3.03. The average molecular weight is 284 g/mol. The fraction of sp³-hybridized carbons (Fsp3) is 0.353. The molecular weight excluding hydrogens is 264 g/mol. The highest BCUT2D eigenvalue weighted by molar-refractivity contribution is 5.27. The van der Waals surface area contributed by atoms with Crippen LogP contribution in [0.4, 0.5) is 0 Å². The molecule has 2 rings (SSSR count). The minimum absolute atomic E-state index is 0.531. The summed E-state index contributed by atoms with van der Waals surface area (Å²) in [5, 5.41) is 8.77. The van der Waals surface area contributed by atoms with Crippen LogP contribution in [0.5, 0.6) is 5.75 Å². The van der Waals surface area contributed by atoms with E-state index in [1.807, 2.05) is 24.3 Å². The summed E-state index contributed by atoms with van der Waals surface area (Å²) in [6.45, 7) is 2.40. The summed E-state index contributed by atoms with van der Waals surface area (Å²) in [5.74, 6) is 1.80. The Hall–Kier alpha value is -2.25. The molecule has 0 radical (unpaired) electrons. The third-order valence-electron chi connectivity index (χ3n) is 3.38. The Labute approximate surface area is 125 Å². The number of rotatable bonds is 8. The molecule has 4 heteroatoms. The molecule has 0 aliphatic rings. The molecular formula is C17H20N2O2. The predicted octanol–water partition coefficient (Wildman–Crippen LogP) is 3.25. The van der Waals surface area contributed by atoms with Gasteiger partial charge in [-0.25, -0.2) is 0 Å². The van der Waals surface area contributed by atoms with Gasteiger partial charge in [0.2, 0.25) is 0 Å². The number of hydrogen-bond acceptors (Lipinski definition) is 4. The summed E-state index contributed by atoms with van der Waals surface area (Å²) in [7, 11) is 1.67. The topological polar surface area (TPSA) is 49.4 Å².